The summed E-state index contributed by atoms with van der Waals surface area (Å²) in [6, 6.07) is 4.74. The molecule has 1 N–H and O–H groups in total. The average Bonchev–Trinajstić information content (AvgIpc) is 2.09. The van der Waals surface area contributed by atoms with Crippen molar-refractivity contribution in [3.8, 4) is 0 Å². The normalized spacial score (nSPS) is 9.69. The maximum atomic E-state index is 12.7. The monoisotopic (exact) mass is 179 g/mol. The second-order valence-corrected chi connectivity index (χ2v) is 2.96. The molecule has 70 valence electrons. The van der Waals surface area contributed by atoms with Crippen LogP contribution in [0.1, 0.15) is 12.0 Å². The van der Waals surface area contributed by atoms with E-state index in [-0.39, 0.29) is 5.82 Å². The summed E-state index contributed by atoms with van der Waals surface area (Å²) in [6.45, 7) is 6.36. The number of rotatable bonds is 4. The minimum absolute atomic E-state index is 0.188. The predicted molar refractivity (Wildman–Crippen MR) is 54.4 cm³/mol. The predicted octanol–water partition coefficient (Wildman–Crippen LogP) is 3.12. The highest BCUT2D eigenvalue weighted by atomic mass is 19.1. The van der Waals surface area contributed by atoms with Gasteiger partial charge >= 0.3 is 0 Å². The third kappa shape index (κ3) is 2.90. The molecule has 13 heavy (non-hydrogen) atoms. The molecule has 0 heterocycles. The van der Waals surface area contributed by atoms with Gasteiger partial charge in [-0.1, -0.05) is 6.08 Å². The van der Waals surface area contributed by atoms with Crippen LogP contribution in [-0.2, 0) is 0 Å². The van der Waals surface area contributed by atoms with Gasteiger partial charge in [0.1, 0.15) is 5.82 Å². The van der Waals surface area contributed by atoms with E-state index >= 15 is 0 Å². The summed E-state index contributed by atoms with van der Waals surface area (Å²) in [7, 11) is 0. The first-order valence-corrected chi connectivity index (χ1v) is 4.35. The van der Waals surface area contributed by atoms with Gasteiger partial charge < -0.3 is 5.32 Å². The van der Waals surface area contributed by atoms with Crippen LogP contribution in [0.15, 0.2) is 30.9 Å². The molecular weight excluding hydrogens is 165 g/mol. The summed E-state index contributed by atoms with van der Waals surface area (Å²) in [4.78, 5) is 0. The van der Waals surface area contributed by atoms with Crippen LogP contribution < -0.4 is 5.32 Å². The van der Waals surface area contributed by atoms with Gasteiger partial charge in [0.05, 0.1) is 0 Å². The summed E-state index contributed by atoms with van der Waals surface area (Å²) >= 11 is 0. The first-order valence-electron chi connectivity index (χ1n) is 4.35. The van der Waals surface area contributed by atoms with E-state index in [2.05, 4.69) is 11.9 Å². The molecule has 1 aromatic carbocycles. The van der Waals surface area contributed by atoms with Crippen molar-refractivity contribution >= 4 is 5.69 Å². The van der Waals surface area contributed by atoms with Crippen LogP contribution in [0.3, 0.4) is 0 Å². The molecule has 1 nitrogen and oxygen atoms in total. The Labute approximate surface area is 78.3 Å². The number of aryl methyl sites for hydroxylation is 1. The van der Waals surface area contributed by atoms with Gasteiger partial charge in [-0.3, -0.25) is 0 Å². The Morgan fingerprint density at radius 2 is 2.31 bits per heavy atom. The molecule has 1 aromatic rings. The molecule has 0 amide bonds. The van der Waals surface area contributed by atoms with Gasteiger partial charge in [0.2, 0.25) is 0 Å². The molecule has 0 fully saturated rings. The van der Waals surface area contributed by atoms with Crippen LogP contribution in [-0.4, -0.2) is 6.54 Å². The van der Waals surface area contributed by atoms with Gasteiger partial charge in [0, 0.05) is 12.2 Å². The fraction of sp³-hybridized carbons (Fsp3) is 0.273. The molecule has 0 spiro atoms. The van der Waals surface area contributed by atoms with Crippen molar-refractivity contribution in [1.82, 2.24) is 0 Å². The van der Waals surface area contributed by atoms with Crippen molar-refractivity contribution < 1.29 is 4.39 Å². The fourth-order valence-corrected chi connectivity index (χ4v) is 1.13. The summed E-state index contributed by atoms with van der Waals surface area (Å²) in [5, 5.41) is 3.20. The Kier molecular flexibility index (Phi) is 3.50. The fourth-order valence-electron chi connectivity index (χ4n) is 1.13. The van der Waals surface area contributed by atoms with Crippen molar-refractivity contribution in [3.63, 3.8) is 0 Å². The molecule has 0 saturated carbocycles. The SMILES string of the molecule is C=CCCNc1ccc(F)cc1C. The number of nitrogens with one attached hydrogen (secondary N) is 1. The first-order chi connectivity index (χ1) is 6.24. The number of halogens is 1. The maximum Gasteiger partial charge on any atom is 0.123 e. The van der Waals surface area contributed by atoms with E-state index in [9.17, 15) is 4.39 Å². The highest BCUT2D eigenvalue weighted by molar-refractivity contribution is 5.50. The molecule has 0 saturated heterocycles. The van der Waals surface area contributed by atoms with Crippen molar-refractivity contribution in [2.75, 3.05) is 11.9 Å². The van der Waals surface area contributed by atoms with Gasteiger partial charge in [-0.2, -0.15) is 0 Å². The standard InChI is InChI=1S/C11H14FN/c1-3-4-7-13-11-6-5-10(12)8-9(11)2/h3,5-6,8,13H,1,4,7H2,2H3. The minimum atomic E-state index is -0.188. The topological polar surface area (TPSA) is 12.0 Å². The number of hydrogen-bond donors (Lipinski definition) is 1. The number of hydrogen-bond acceptors (Lipinski definition) is 1. The number of anilines is 1. The summed E-state index contributed by atoms with van der Waals surface area (Å²) < 4.78 is 12.7. The van der Waals surface area contributed by atoms with Crippen LogP contribution in [0.2, 0.25) is 0 Å². The van der Waals surface area contributed by atoms with Crippen LogP contribution >= 0.6 is 0 Å². The van der Waals surface area contributed by atoms with Crippen LogP contribution in [0.25, 0.3) is 0 Å². The Hall–Kier alpha value is -1.31. The molecule has 0 aromatic heterocycles. The zero-order valence-corrected chi connectivity index (χ0v) is 7.81. The maximum absolute atomic E-state index is 12.7. The number of benzene rings is 1. The Morgan fingerprint density at radius 3 is 2.92 bits per heavy atom. The molecule has 0 atom stereocenters. The van der Waals surface area contributed by atoms with Gasteiger partial charge in [-0.05, 0) is 37.1 Å². The van der Waals surface area contributed by atoms with Crippen LogP contribution in [0.4, 0.5) is 10.1 Å². The van der Waals surface area contributed by atoms with E-state index in [0.29, 0.717) is 0 Å². The lowest BCUT2D eigenvalue weighted by Gasteiger charge is -2.07. The third-order valence-electron chi connectivity index (χ3n) is 1.85. The van der Waals surface area contributed by atoms with Crippen LogP contribution in [0, 0.1) is 12.7 Å². The van der Waals surface area contributed by atoms with Crippen molar-refractivity contribution in [1.29, 1.82) is 0 Å². The summed E-state index contributed by atoms with van der Waals surface area (Å²) in [5.41, 5.74) is 1.92. The molecule has 0 radical (unpaired) electrons. The second kappa shape index (κ2) is 4.65. The highest BCUT2D eigenvalue weighted by Crippen LogP contribution is 2.15. The van der Waals surface area contributed by atoms with E-state index in [1.54, 1.807) is 6.07 Å². The van der Waals surface area contributed by atoms with E-state index in [1.165, 1.54) is 12.1 Å². The Bertz CT molecular complexity index is 294. The van der Waals surface area contributed by atoms with E-state index in [4.69, 9.17) is 0 Å². The van der Waals surface area contributed by atoms with Crippen molar-refractivity contribution in [2.45, 2.75) is 13.3 Å². The zero-order valence-electron chi connectivity index (χ0n) is 7.81. The average molecular weight is 179 g/mol. The van der Waals surface area contributed by atoms with Crippen molar-refractivity contribution in [3.05, 3.63) is 42.2 Å². The van der Waals surface area contributed by atoms with E-state index in [1.807, 2.05) is 13.0 Å². The third-order valence-corrected chi connectivity index (χ3v) is 1.85. The van der Waals surface area contributed by atoms with Crippen molar-refractivity contribution in [2.24, 2.45) is 0 Å². The summed E-state index contributed by atoms with van der Waals surface area (Å²) in [6.07, 6.45) is 2.77. The molecule has 0 aliphatic carbocycles. The lowest BCUT2D eigenvalue weighted by Crippen LogP contribution is -2.01. The van der Waals surface area contributed by atoms with Gasteiger partial charge in [-0.25, -0.2) is 4.39 Å². The lowest BCUT2D eigenvalue weighted by molar-refractivity contribution is 0.627. The van der Waals surface area contributed by atoms with E-state index < -0.39 is 0 Å². The molecule has 0 bridgehead atoms. The quantitative estimate of drug-likeness (QED) is 0.553. The molecule has 0 unspecified atom stereocenters. The largest absolute Gasteiger partial charge is 0.385 e. The molecule has 1 rings (SSSR count). The second-order valence-electron chi connectivity index (χ2n) is 2.96. The lowest BCUT2D eigenvalue weighted by atomic mass is 10.2. The smallest absolute Gasteiger partial charge is 0.123 e. The summed E-state index contributed by atoms with van der Waals surface area (Å²) in [5.74, 6) is -0.188. The van der Waals surface area contributed by atoms with Gasteiger partial charge in [0.25, 0.3) is 0 Å². The zero-order chi connectivity index (χ0) is 9.68. The highest BCUT2D eigenvalue weighted by Gasteiger charge is 1.97. The molecular formula is C11H14FN. The molecule has 2 heteroatoms. The minimum Gasteiger partial charge on any atom is -0.385 e. The van der Waals surface area contributed by atoms with Crippen LogP contribution in [0.5, 0.6) is 0 Å². The van der Waals surface area contributed by atoms with Gasteiger partial charge in [-0.15, -0.1) is 6.58 Å². The van der Waals surface area contributed by atoms with E-state index in [0.717, 1.165) is 24.2 Å². The molecule has 0 aliphatic heterocycles. The van der Waals surface area contributed by atoms with Gasteiger partial charge in [0.15, 0.2) is 0 Å². The Morgan fingerprint density at radius 1 is 1.54 bits per heavy atom. The first kappa shape index (κ1) is 9.78. The Balaban J connectivity index is 2.61. The molecule has 0 aliphatic rings.